The lowest BCUT2D eigenvalue weighted by Crippen LogP contribution is -2.47. The molecule has 1 saturated heterocycles. The van der Waals surface area contributed by atoms with Crippen molar-refractivity contribution < 1.29 is 4.92 Å². The van der Waals surface area contributed by atoms with Crippen LogP contribution in [0, 0.1) is 17.0 Å². The van der Waals surface area contributed by atoms with Crippen molar-refractivity contribution in [3.8, 4) is 0 Å². The van der Waals surface area contributed by atoms with Crippen molar-refractivity contribution in [1.82, 2.24) is 9.99 Å². The fraction of sp³-hybridized carbons (Fsp3) is 0.615. The van der Waals surface area contributed by atoms with Crippen LogP contribution in [0.1, 0.15) is 38.7 Å². The summed E-state index contributed by atoms with van der Waals surface area (Å²) >= 11 is 0. The van der Waals surface area contributed by atoms with E-state index in [1.807, 2.05) is 6.92 Å². The van der Waals surface area contributed by atoms with Crippen LogP contribution in [0.2, 0.25) is 0 Å². The molecule has 2 heterocycles. The van der Waals surface area contributed by atoms with E-state index in [-0.39, 0.29) is 5.69 Å². The third-order valence-electron chi connectivity index (χ3n) is 3.70. The molecule has 1 fully saturated rings. The Kier molecular flexibility index (Phi) is 3.99. The Bertz CT molecular complexity index is 468. The Morgan fingerprint density at radius 1 is 1.42 bits per heavy atom. The molecule has 1 aliphatic rings. The van der Waals surface area contributed by atoms with Crippen molar-refractivity contribution in [2.24, 2.45) is 0 Å². The Morgan fingerprint density at radius 2 is 2.05 bits per heavy atom. The number of rotatable bonds is 3. The van der Waals surface area contributed by atoms with E-state index in [4.69, 9.17) is 0 Å². The SMILES string of the molecule is Cc1cc([N+](=O)[O-])cnc1NN1C(C)CCCC1C. The molecule has 6 nitrogen and oxygen atoms in total. The second-order valence-electron chi connectivity index (χ2n) is 5.26. The quantitative estimate of drug-likeness (QED) is 0.671. The third-order valence-corrected chi connectivity index (χ3v) is 3.70. The summed E-state index contributed by atoms with van der Waals surface area (Å²) in [5.41, 5.74) is 4.14. The van der Waals surface area contributed by atoms with Crippen molar-refractivity contribution in [3.63, 3.8) is 0 Å². The van der Waals surface area contributed by atoms with Gasteiger partial charge in [-0.1, -0.05) is 6.42 Å². The second-order valence-corrected chi connectivity index (χ2v) is 5.26. The molecule has 1 aliphatic heterocycles. The minimum atomic E-state index is -0.421. The van der Waals surface area contributed by atoms with Gasteiger partial charge in [0, 0.05) is 18.2 Å². The number of hydrogen-bond acceptors (Lipinski definition) is 5. The Balaban J connectivity index is 2.16. The predicted octanol–water partition coefficient (Wildman–Crippen LogP) is 2.89. The summed E-state index contributed by atoms with van der Waals surface area (Å²) in [7, 11) is 0. The van der Waals surface area contributed by atoms with Gasteiger partial charge in [-0.05, 0) is 39.2 Å². The molecule has 6 heteroatoms. The van der Waals surface area contributed by atoms with Gasteiger partial charge in [0.05, 0.1) is 4.92 Å². The molecular weight excluding hydrogens is 244 g/mol. The van der Waals surface area contributed by atoms with Crippen LogP contribution in [-0.2, 0) is 0 Å². The average molecular weight is 264 g/mol. The number of nitrogens with zero attached hydrogens (tertiary/aromatic N) is 3. The molecule has 19 heavy (non-hydrogen) atoms. The van der Waals surface area contributed by atoms with Gasteiger partial charge in [-0.2, -0.15) is 0 Å². The molecule has 2 atom stereocenters. The molecule has 0 bridgehead atoms. The van der Waals surface area contributed by atoms with Gasteiger partial charge in [-0.3, -0.25) is 10.1 Å². The fourth-order valence-corrected chi connectivity index (χ4v) is 2.54. The average Bonchev–Trinajstić information content (AvgIpc) is 2.35. The highest BCUT2D eigenvalue weighted by Gasteiger charge is 2.25. The van der Waals surface area contributed by atoms with Gasteiger partial charge in [0.2, 0.25) is 0 Å². The highest BCUT2D eigenvalue weighted by Crippen LogP contribution is 2.25. The van der Waals surface area contributed by atoms with Crippen molar-refractivity contribution in [1.29, 1.82) is 0 Å². The van der Waals surface area contributed by atoms with E-state index in [1.165, 1.54) is 12.6 Å². The Morgan fingerprint density at radius 3 is 2.58 bits per heavy atom. The molecule has 1 aromatic heterocycles. The summed E-state index contributed by atoms with van der Waals surface area (Å²) in [4.78, 5) is 14.4. The molecule has 0 amide bonds. The van der Waals surface area contributed by atoms with Gasteiger partial charge in [0.1, 0.15) is 12.0 Å². The molecule has 0 saturated carbocycles. The van der Waals surface area contributed by atoms with Gasteiger partial charge >= 0.3 is 0 Å². The minimum absolute atomic E-state index is 0.0304. The van der Waals surface area contributed by atoms with Gasteiger partial charge in [0.15, 0.2) is 0 Å². The van der Waals surface area contributed by atoms with Crippen molar-refractivity contribution >= 4 is 11.5 Å². The lowest BCUT2D eigenvalue weighted by Gasteiger charge is -2.39. The highest BCUT2D eigenvalue weighted by molar-refractivity contribution is 5.47. The monoisotopic (exact) mass is 264 g/mol. The van der Waals surface area contributed by atoms with Gasteiger partial charge in [-0.25, -0.2) is 9.99 Å². The summed E-state index contributed by atoms with van der Waals surface area (Å²) in [5, 5.41) is 12.9. The van der Waals surface area contributed by atoms with E-state index in [1.54, 1.807) is 6.07 Å². The topological polar surface area (TPSA) is 71.3 Å². The molecule has 1 N–H and O–H groups in total. The maximum absolute atomic E-state index is 10.7. The molecule has 0 spiro atoms. The molecule has 0 radical (unpaired) electrons. The summed E-state index contributed by atoms with van der Waals surface area (Å²) in [6.07, 6.45) is 4.86. The number of aromatic nitrogens is 1. The van der Waals surface area contributed by atoms with Crippen LogP contribution < -0.4 is 5.43 Å². The van der Waals surface area contributed by atoms with Gasteiger partial charge in [0.25, 0.3) is 5.69 Å². The van der Waals surface area contributed by atoms with E-state index >= 15 is 0 Å². The Labute approximate surface area is 112 Å². The summed E-state index contributed by atoms with van der Waals surface area (Å²) in [6, 6.07) is 2.44. The summed E-state index contributed by atoms with van der Waals surface area (Å²) < 4.78 is 0. The summed E-state index contributed by atoms with van der Waals surface area (Å²) in [6.45, 7) is 6.20. The predicted molar refractivity (Wildman–Crippen MR) is 73.9 cm³/mol. The molecular formula is C13H20N4O2. The van der Waals surface area contributed by atoms with Crippen LogP contribution in [-0.4, -0.2) is 27.0 Å². The standard InChI is InChI=1S/C13H20N4O2/c1-9-7-12(17(18)19)8-14-13(9)15-16-10(2)5-4-6-11(16)3/h7-8,10-11H,4-6H2,1-3H3,(H,14,15). The van der Waals surface area contributed by atoms with E-state index in [2.05, 4.69) is 29.3 Å². The zero-order valence-electron chi connectivity index (χ0n) is 11.6. The third kappa shape index (κ3) is 3.01. The molecule has 104 valence electrons. The van der Waals surface area contributed by atoms with Gasteiger partial charge in [-0.15, -0.1) is 0 Å². The maximum atomic E-state index is 10.7. The number of aryl methyl sites for hydroxylation is 1. The second kappa shape index (κ2) is 5.52. The fourth-order valence-electron chi connectivity index (χ4n) is 2.54. The van der Waals surface area contributed by atoms with E-state index < -0.39 is 4.92 Å². The lowest BCUT2D eigenvalue weighted by atomic mass is 10.00. The largest absolute Gasteiger partial charge is 0.302 e. The first-order valence-corrected chi connectivity index (χ1v) is 6.65. The van der Waals surface area contributed by atoms with Crippen LogP contribution in [0.3, 0.4) is 0 Å². The lowest BCUT2D eigenvalue weighted by molar-refractivity contribution is -0.385. The smallest absolute Gasteiger partial charge is 0.287 e. The molecule has 2 rings (SSSR count). The zero-order chi connectivity index (χ0) is 14.0. The number of nitrogens with one attached hydrogen (secondary N) is 1. The molecule has 0 aromatic carbocycles. The number of hydrogen-bond donors (Lipinski definition) is 1. The van der Waals surface area contributed by atoms with Crippen molar-refractivity contribution in [2.75, 3.05) is 5.43 Å². The first-order chi connectivity index (χ1) is 8.99. The number of piperidine rings is 1. The van der Waals surface area contributed by atoms with E-state index in [0.29, 0.717) is 17.9 Å². The first kappa shape index (κ1) is 13.7. The summed E-state index contributed by atoms with van der Waals surface area (Å²) in [5.74, 6) is 0.700. The number of pyridine rings is 1. The highest BCUT2D eigenvalue weighted by atomic mass is 16.6. The van der Waals surface area contributed by atoms with Crippen LogP contribution in [0.5, 0.6) is 0 Å². The van der Waals surface area contributed by atoms with Crippen molar-refractivity contribution in [2.45, 2.75) is 52.1 Å². The molecule has 0 aliphatic carbocycles. The van der Waals surface area contributed by atoms with E-state index in [9.17, 15) is 10.1 Å². The first-order valence-electron chi connectivity index (χ1n) is 6.65. The van der Waals surface area contributed by atoms with Crippen LogP contribution in [0.25, 0.3) is 0 Å². The molecule has 2 unspecified atom stereocenters. The van der Waals surface area contributed by atoms with E-state index in [0.717, 1.165) is 18.4 Å². The number of hydrazine groups is 1. The van der Waals surface area contributed by atoms with Crippen LogP contribution in [0.15, 0.2) is 12.3 Å². The van der Waals surface area contributed by atoms with Gasteiger partial charge < -0.3 is 5.43 Å². The van der Waals surface area contributed by atoms with Crippen molar-refractivity contribution in [3.05, 3.63) is 27.9 Å². The normalized spacial score (nSPS) is 24.2. The zero-order valence-corrected chi connectivity index (χ0v) is 11.6. The van der Waals surface area contributed by atoms with Crippen LogP contribution >= 0.6 is 0 Å². The van der Waals surface area contributed by atoms with Crippen LogP contribution in [0.4, 0.5) is 11.5 Å². The number of anilines is 1. The minimum Gasteiger partial charge on any atom is -0.302 e. The Hall–Kier alpha value is -1.69. The maximum Gasteiger partial charge on any atom is 0.287 e. The molecule has 1 aromatic rings. The number of nitro groups is 1.